The van der Waals surface area contributed by atoms with Gasteiger partial charge in [-0.05, 0) is 18.9 Å². The lowest BCUT2D eigenvalue weighted by Gasteiger charge is -2.19. The van der Waals surface area contributed by atoms with Gasteiger partial charge in [0.05, 0.1) is 24.4 Å². The average molecular weight is 296 g/mol. The van der Waals surface area contributed by atoms with Gasteiger partial charge in [-0.25, -0.2) is 0 Å². The summed E-state index contributed by atoms with van der Waals surface area (Å²) in [6.07, 6.45) is 0.779. The second-order valence-corrected chi connectivity index (χ2v) is 6.64. The van der Waals surface area contributed by atoms with Crippen LogP contribution in [0.15, 0.2) is 30.3 Å². The normalized spacial score (nSPS) is 25.1. The summed E-state index contributed by atoms with van der Waals surface area (Å²) in [6, 6.07) is 9.37. The first-order chi connectivity index (χ1) is 9.63. The second kappa shape index (κ2) is 6.99. The van der Waals surface area contributed by atoms with Gasteiger partial charge in [0.1, 0.15) is 0 Å². The van der Waals surface area contributed by atoms with E-state index in [1.54, 1.807) is 0 Å². The molecule has 1 aromatic carbocycles. The van der Waals surface area contributed by atoms with E-state index >= 15 is 0 Å². The first-order valence-corrected chi connectivity index (χ1v) is 8.13. The Morgan fingerprint density at radius 2 is 2.15 bits per heavy atom. The van der Waals surface area contributed by atoms with Crippen LogP contribution in [0, 0.1) is 0 Å². The molecule has 20 heavy (non-hydrogen) atoms. The zero-order chi connectivity index (χ0) is 14.5. The van der Waals surface area contributed by atoms with Crippen LogP contribution in [0.4, 0.5) is 0 Å². The molecule has 5 heteroatoms. The van der Waals surface area contributed by atoms with Gasteiger partial charge in [-0.2, -0.15) is 0 Å². The Hall–Kier alpha value is -1.20. The number of esters is 1. The Morgan fingerprint density at radius 3 is 2.70 bits per heavy atom. The maximum absolute atomic E-state index is 12.5. The van der Waals surface area contributed by atoms with Crippen molar-refractivity contribution in [2.75, 3.05) is 19.5 Å². The van der Waals surface area contributed by atoms with Crippen LogP contribution in [0.25, 0.3) is 0 Å². The number of benzene rings is 1. The number of carbonyl (C=O) groups excluding carboxylic acids is 1. The van der Waals surface area contributed by atoms with Crippen molar-refractivity contribution < 1.29 is 18.5 Å². The number of hydrogen-bond donors (Lipinski definition) is 0. The van der Waals surface area contributed by atoms with Crippen molar-refractivity contribution in [3.8, 4) is 0 Å². The van der Waals surface area contributed by atoms with E-state index in [1.165, 1.54) is 7.11 Å². The van der Waals surface area contributed by atoms with E-state index < -0.39 is 16.7 Å². The predicted octanol–water partition coefficient (Wildman–Crippen LogP) is 1.87. The lowest BCUT2D eigenvalue weighted by Crippen LogP contribution is -2.30. The van der Waals surface area contributed by atoms with E-state index in [9.17, 15) is 9.00 Å². The maximum atomic E-state index is 12.5. The fourth-order valence-electron chi connectivity index (χ4n) is 2.47. The molecule has 0 N–H and O–H groups in total. The van der Waals surface area contributed by atoms with Crippen molar-refractivity contribution in [3.63, 3.8) is 0 Å². The molecule has 4 atom stereocenters. The fraction of sp³-hybridized carbons (Fsp3) is 0.533. The van der Waals surface area contributed by atoms with Crippen molar-refractivity contribution in [2.24, 2.45) is 0 Å². The number of methoxy groups -OCH3 is 1. The van der Waals surface area contributed by atoms with Crippen molar-refractivity contribution >= 4 is 16.8 Å². The third-order valence-electron chi connectivity index (χ3n) is 3.66. The fourth-order valence-corrected chi connectivity index (χ4v) is 4.24. The van der Waals surface area contributed by atoms with Crippen LogP contribution in [0.3, 0.4) is 0 Å². The molecule has 1 aliphatic rings. The largest absolute Gasteiger partial charge is 0.469 e. The van der Waals surface area contributed by atoms with Crippen LogP contribution in [0.2, 0.25) is 0 Å². The molecule has 0 saturated carbocycles. The quantitative estimate of drug-likeness (QED) is 0.778. The van der Waals surface area contributed by atoms with Crippen molar-refractivity contribution in [1.29, 1.82) is 0 Å². The molecule has 1 heterocycles. The third-order valence-corrected chi connectivity index (χ3v) is 5.62. The molecule has 0 spiro atoms. The summed E-state index contributed by atoms with van der Waals surface area (Å²) in [5.74, 6) is -0.527. The van der Waals surface area contributed by atoms with Gasteiger partial charge in [-0.1, -0.05) is 30.3 Å². The minimum atomic E-state index is -1.10. The summed E-state index contributed by atoms with van der Waals surface area (Å²) in [7, 11) is 0.260. The molecule has 1 fully saturated rings. The highest BCUT2D eigenvalue weighted by Gasteiger charge is 2.33. The molecule has 1 aromatic rings. The van der Waals surface area contributed by atoms with Gasteiger partial charge < -0.3 is 9.47 Å². The van der Waals surface area contributed by atoms with Crippen molar-refractivity contribution in [2.45, 2.75) is 30.6 Å². The van der Waals surface area contributed by atoms with Gasteiger partial charge in [-0.15, -0.1) is 0 Å². The number of hydrogen-bond acceptors (Lipinski definition) is 4. The molecule has 0 aliphatic carbocycles. The standard InChI is InChI=1S/C15H20O4S/c1-11-14(8-9-19-11)20(17)10-13(15(16)18-2)12-6-4-3-5-7-12/h3-7,11,13-14H,8-10H2,1-2H3. The summed E-state index contributed by atoms with van der Waals surface area (Å²) in [6.45, 7) is 2.58. The molecular formula is C15H20O4S. The summed E-state index contributed by atoms with van der Waals surface area (Å²) < 4.78 is 22.8. The van der Waals surface area contributed by atoms with Crippen LogP contribution in [0.1, 0.15) is 24.8 Å². The number of rotatable bonds is 5. The zero-order valence-electron chi connectivity index (χ0n) is 11.8. The molecule has 0 radical (unpaired) electrons. The smallest absolute Gasteiger partial charge is 0.314 e. The highest BCUT2D eigenvalue weighted by molar-refractivity contribution is 7.85. The summed E-state index contributed by atoms with van der Waals surface area (Å²) >= 11 is 0. The van der Waals surface area contributed by atoms with E-state index in [4.69, 9.17) is 9.47 Å². The zero-order valence-corrected chi connectivity index (χ0v) is 12.6. The Bertz CT molecular complexity index is 474. The van der Waals surface area contributed by atoms with Gasteiger partial charge >= 0.3 is 5.97 Å². The van der Waals surface area contributed by atoms with Crippen LogP contribution >= 0.6 is 0 Å². The molecule has 2 rings (SSSR count). The Labute approximate surface area is 121 Å². The van der Waals surface area contributed by atoms with E-state index in [2.05, 4.69) is 0 Å². The molecule has 4 unspecified atom stereocenters. The molecule has 110 valence electrons. The lowest BCUT2D eigenvalue weighted by atomic mass is 10.0. The number of ether oxygens (including phenoxy) is 2. The molecule has 0 bridgehead atoms. The minimum Gasteiger partial charge on any atom is -0.469 e. The maximum Gasteiger partial charge on any atom is 0.314 e. The van der Waals surface area contributed by atoms with Gasteiger partial charge in [0.2, 0.25) is 0 Å². The van der Waals surface area contributed by atoms with E-state index in [-0.39, 0.29) is 23.1 Å². The van der Waals surface area contributed by atoms with E-state index in [0.717, 1.165) is 12.0 Å². The van der Waals surface area contributed by atoms with Crippen molar-refractivity contribution in [1.82, 2.24) is 0 Å². The van der Waals surface area contributed by atoms with Crippen LogP contribution in [-0.4, -0.2) is 41.0 Å². The topological polar surface area (TPSA) is 52.6 Å². The highest BCUT2D eigenvalue weighted by Crippen LogP contribution is 2.24. The Morgan fingerprint density at radius 1 is 1.45 bits per heavy atom. The Balaban J connectivity index is 2.12. The molecule has 1 saturated heterocycles. The number of carbonyl (C=O) groups is 1. The summed E-state index contributed by atoms with van der Waals surface area (Å²) in [5, 5.41) is 0.00543. The summed E-state index contributed by atoms with van der Waals surface area (Å²) in [4.78, 5) is 12.0. The first-order valence-electron chi connectivity index (χ1n) is 6.75. The summed E-state index contributed by atoms with van der Waals surface area (Å²) in [5.41, 5.74) is 0.847. The van der Waals surface area contributed by atoms with Gasteiger partial charge in [0.25, 0.3) is 0 Å². The molecule has 0 amide bonds. The minimum absolute atomic E-state index is 0.00543. The van der Waals surface area contributed by atoms with Crippen LogP contribution in [0.5, 0.6) is 0 Å². The van der Waals surface area contributed by atoms with E-state index in [1.807, 2.05) is 37.3 Å². The van der Waals surface area contributed by atoms with Crippen LogP contribution in [-0.2, 0) is 25.1 Å². The van der Waals surface area contributed by atoms with Crippen LogP contribution < -0.4 is 0 Å². The van der Waals surface area contributed by atoms with Gasteiger partial charge in [-0.3, -0.25) is 9.00 Å². The molecular weight excluding hydrogens is 276 g/mol. The van der Waals surface area contributed by atoms with Gasteiger partial charge in [0, 0.05) is 23.2 Å². The second-order valence-electron chi connectivity index (χ2n) is 4.94. The molecule has 4 nitrogen and oxygen atoms in total. The molecule has 1 aliphatic heterocycles. The van der Waals surface area contributed by atoms with E-state index in [0.29, 0.717) is 6.61 Å². The monoisotopic (exact) mass is 296 g/mol. The average Bonchev–Trinajstić information content (AvgIpc) is 2.91. The SMILES string of the molecule is COC(=O)C(CS(=O)C1CCOC1C)c1ccccc1. The third kappa shape index (κ3) is 3.46. The Kier molecular flexibility index (Phi) is 5.31. The lowest BCUT2D eigenvalue weighted by molar-refractivity contribution is -0.141. The first kappa shape index (κ1) is 15.2. The van der Waals surface area contributed by atoms with Crippen molar-refractivity contribution in [3.05, 3.63) is 35.9 Å². The van der Waals surface area contributed by atoms with Gasteiger partial charge in [0.15, 0.2) is 0 Å². The highest BCUT2D eigenvalue weighted by atomic mass is 32.2. The predicted molar refractivity (Wildman–Crippen MR) is 78.0 cm³/mol. The molecule has 0 aromatic heterocycles.